The van der Waals surface area contributed by atoms with E-state index in [-0.39, 0.29) is 0 Å². The fourth-order valence-corrected chi connectivity index (χ4v) is 4.07. The van der Waals surface area contributed by atoms with Crippen molar-refractivity contribution < 1.29 is 0 Å². The first-order valence-electron chi connectivity index (χ1n) is 9.16. The van der Waals surface area contributed by atoms with Crippen molar-refractivity contribution in [2.45, 2.75) is 78.7 Å². The summed E-state index contributed by atoms with van der Waals surface area (Å²) in [6.07, 6.45) is 11.8. The molecule has 0 spiro atoms. The molecule has 2 aliphatic carbocycles. The first-order valence-corrected chi connectivity index (χ1v) is 9.16. The highest BCUT2D eigenvalue weighted by atomic mass is 15.1. The third-order valence-electron chi connectivity index (χ3n) is 5.41. The van der Waals surface area contributed by atoms with Gasteiger partial charge in [0.1, 0.15) is 0 Å². The van der Waals surface area contributed by atoms with E-state index in [2.05, 4.69) is 38.7 Å². The molecule has 2 unspecified atom stereocenters. The Labute approximate surface area is 132 Å². The molecule has 2 rings (SSSR count). The zero-order valence-corrected chi connectivity index (χ0v) is 14.7. The second-order valence-corrected chi connectivity index (χ2v) is 8.07. The van der Waals surface area contributed by atoms with Crippen LogP contribution in [-0.2, 0) is 0 Å². The average molecular weight is 293 g/mol. The molecule has 1 saturated carbocycles. The summed E-state index contributed by atoms with van der Waals surface area (Å²) in [5.41, 5.74) is 8.29. The van der Waals surface area contributed by atoms with Crippen molar-refractivity contribution in [1.82, 2.24) is 4.90 Å². The molecule has 2 heteroatoms. The van der Waals surface area contributed by atoms with Gasteiger partial charge in [0.05, 0.1) is 0 Å². The summed E-state index contributed by atoms with van der Waals surface area (Å²) >= 11 is 0. The molecular weight excluding hydrogens is 256 g/mol. The number of hydrogen-bond acceptors (Lipinski definition) is 2. The Hall–Kier alpha value is -0.500. The molecule has 2 atom stereocenters. The lowest BCUT2D eigenvalue weighted by Gasteiger charge is -2.39. The van der Waals surface area contributed by atoms with Gasteiger partial charge in [-0.05, 0) is 69.6 Å². The van der Waals surface area contributed by atoms with Gasteiger partial charge in [0.25, 0.3) is 0 Å². The third-order valence-corrected chi connectivity index (χ3v) is 5.41. The zero-order valence-electron chi connectivity index (χ0n) is 14.7. The molecule has 2 N–H and O–H groups in total. The predicted molar refractivity (Wildman–Crippen MR) is 92.1 cm³/mol. The highest BCUT2D eigenvalue weighted by Crippen LogP contribution is 2.41. The SMILES string of the molecule is CCN(CC)C1=CC(CCCC(N)C2CC2)CC(C)(C)C1. The molecule has 0 aromatic heterocycles. The van der Waals surface area contributed by atoms with Crippen molar-refractivity contribution in [2.24, 2.45) is 23.0 Å². The maximum absolute atomic E-state index is 6.24. The van der Waals surface area contributed by atoms with E-state index in [0.29, 0.717) is 11.5 Å². The molecule has 2 aliphatic rings. The Morgan fingerprint density at radius 1 is 1.29 bits per heavy atom. The van der Waals surface area contributed by atoms with Gasteiger partial charge < -0.3 is 10.6 Å². The molecule has 0 aromatic carbocycles. The zero-order chi connectivity index (χ0) is 15.5. The Morgan fingerprint density at radius 3 is 2.52 bits per heavy atom. The molecule has 0 radical (unpaired) electrons. The summed E-state index contributed by atoms with van der Waals surface area (Å²) in [5.74, 6) is 1.62. The van der Waals surface area contributed by atoms with Crippen LogP contribution < -0.4 is 5.73 Å². The van der Waals surface area contributed by atoms with E-state index in [1.54, 1.807) is 5.70 Å². The lowest BCUT2D eigenvalue weighted by atomic mass is 9.73. The van der Waals surface area contributed by atoms with Crippen molar-refractivity contribution in [3.63, 3.8) is 0 Å². The molecule has 0 amide bonds. The van der Waals surface area contributed by atoms with Gasteiger partial charge in [0.15, 0.2) is 0 Å². The maximum Gasteiger partial charge on any atom is 0.0146 e. The molecule has 0 heterocycles. The first kappa shape index (κ1) is 16.9. The van der Waals surface area contributed by atoms with Gasteiger partial charge in [-0.2, -0.15) is 0 Å². The topological polar surface area (TPSA) is 29.3 Å². The van der Waals surface area contributed by atoms with Gasteiger partial charge in [0, 0.05) is 24.8 Å². The highest BCUT2D eigenvalue weighted by Gasteiger charge is 2.31. The molecule has 21 heavy (non-hydrogen) atoms. The molecule has 122 valence electrons. The minimum absolute atomic E-state index is 0.454. The van der Waals surface area contributed by atoms with Crippen LogP contribution in [0.25, 0.3) is 0 Å². The van der Waals surface area contributed by atoms with E-state index in [9.17, 15) is 0 Å². The van der Waals surface area contributed by atoms with Crippen molar-refractivity contribution in [3.8, 4) is 0 Å². The summed E-state index contributed by atoms with van der Waals surface area (Å²) in [5, 5.41) is 0. The van der Waals surface area contributed by atoms with Crippen LogP contribution in [0.5, 0.6) is 0 Å². The second-order valence-electron chi connectivity index (χ2n) is 8.07. The van der Waals surface area contributed by atoms with Crippen molar-refractivity contribution in [1.29, 1.82) is 0 Å². The Kier molecular flexibility index (Phi) is 5.76. The van der Waals surface area contributed by atoms with Crippen LogP contribution in [0.1, 0.15) is 72.6 Å². The van der Waals surface area contributed by atoms with E-state index in [4.69, 9.17) is 5.73 Å². The molecule has 0 bridgehead atoms. The van der Waals surface area contributed by atoms with Crippen molar-refractivity contribution in [3.05, 3.63) is 11.8 Å². The fraction of sp³-hybridized carbons (Fsp3) is 0.895. The fourth-order valence-electron chi connectivity index (χ4n) is 4.07. The lowest BCUT2D eigenvalue weighted by molar-refractivity contribution is 0.217. The van der Waals surface area contributed by atoms with Crippen molar-refractivity contribution in [2.75, 3.05) is 13.1 Å². The molecule has 0 aliphatic heterocycles. The van der Waals surface area contributed by atoms with Crippen LogP contribution in [0.4, 0.5) is 0 Å². The monoisotopic (exact) mass is 292 g/mol. The Morgan fingerprint density at radius 2 is 1.95 bits per heavy atom. The van der Waals surface area contributed by atoms with E-state index in [1.165, 1.54) is 44.9 Å². The van der Waals surface area contributed by atoms with Crippen LogP contribution in [0, 0.1) is 17.3 Å². The van der Waals surface area contributed by atoms with Crippen LogP contribution in [0.2, 0.25) is 0 Å². The highest BCUT2D eigenvalue weighted by molar-refractivity contribution is 5.11. The number of nitrogens with two attached hydrogens (primary N) is 1. The van der Waals surface area contributed by atoms with Gasteiger partial charge in [-0.3, -0.25) is 0 Å². The standard InChI is InChI=1S/C19H36N2/c1-5-21(6-2)17-12-15(13-19(3,4)14-17)8-7-9-18(20)16-10-11-16/h12,15-16,18H,5-11,13-14,20H2,1-4H3. The minimum Gasteiger partial charge on any atom is -0.376 e. The smallest absolute Gasteiger partial charge is 0.0146 e. The average Bonchev–Trinajstić information content (AvgIpc) is 3.22. The Balaban J connectivity index is 1.88. The summed E-state index contributed by atoms with van der Waals surface area (Å²) in [7, 11) is 0. The number of hydrogen-bond donors (Lipinski definition) is 1. The quantitative estimate of drug-likeness (QED) is 0.711. The minimum atomic E-state index is 0.454. The van der Waals surface area contributed by atoms with Gasteiger partial charge in [-0.15, -0.1) is 0 Å². The predicted octanol–water partition coefficient (Wildman–Crippen LogP) is 4.56. The molecule has 1 fully saturated rings. The van der Waals surface area contributed by atoms with E-state index >= 15 is 0 Å². The third kappa shape index (κ3) is 5.02. The van der Waals surface area contributed by atoms with Crippen LogP contribution in [0.3, 0.4) is 0 Å². The van der Waals surface area contributed by atoms with Crippen molar-refractivity contribution >= 4 is 0 Å². The Bertz CT molecular complexity index is 351. The molecular formula is C19H36N2. The first-order chi connectivity index (χ1) is 9.95. The van der Waals surface area contributed by atoms with Crippen LogP contribution >= 0.6 is 0 Å². The number of allylic oxidation sites excluding steroid dienone is 2. The van der Waals surface area contributed by atoms with Crippen LogP contribution in [0.15, 0.2) is 11.8 Å². The molecule has 0 aromatic rings. The second kappa shape index (κ2) is 7.17. The maximum atomic E-state index is 6.24. The summed E-state index contributed by atoms with van der Waals surface area (Å²) in [6, 6.07) is 0.479. The molecule has 0 saturated heterocycles. The molecule has 2 nitrogen and oxygen atoms in total. The van der Waals surface area contributed by atoms with Crippen LogP contribution in [-0.4, -0.2) is 24.0 Å². The van der Waals surface area contributed by atoms with Gasteiger partial charge in [-0.1, -0.05) is 26.3 Å². The van der Waals surface area contributed by atoms with Gasteiger partial charge in [-0.25, -0.2) is 0 Å². The lowest BCUT2D eigenvalue weighted by Crippen LogP contribution is -2.31. The van der Waals surface area contributed by atoms with Gasteiger partial charge >= 0.3 is 0 Å². The number of nitrogens with zero attached hydrogens (tertiary/aromatic N) is 1. The largest absolute Gasteiger partial charge is 0.376 e. The number of rotatable bonds is 8. The normalized spacial score (nSPS) is 26.3. The summed E-state index contributed by atoms with van der Waals surface area (Å²) in [4.78, 5) is 2.55. The summed E-state index contributed by atoms with van der Waals surface area (Å²) < 4.78 is 0. The summed E-state index contributed by atoms with van der Waals surface area (Å²) in [6.45, 7) is 11.7. The van der Waals surface area contributed by atoms with E-state index in [1.807, 2.05) is 0 Å². The van der Waals surface area contributed by atoms with E-state index < -0.39 is 0 Å². The van der Waals surface area contributed by atoms with E-state index in [0.717, 1.165) is 24.9 Å². The van der Waals surface area contributed by atoms with Gasteiger partial charge in [0.2, 0.25) is 0 Å².